The van der Waals surface area contributed by atoms with Crippen LogP contribution in [0.4, 0.5) is 0 Å². The van der Waals surface area contributed by atoms with E-state index in [1.807, 2.05) is 24.3 Å². The Balaban J connectivity index is 1.81. The van der Waals surface area contributed by atoms with Gasteiger partial charge >= 0.3 is 0 Å². The van der Waals surface area contributed by atoms with E-state index in [0.717, 1.165) is 24.6 Å². The summed E-state index contributed by atoms with van der Waals surface area (Å²) in [5.74, 6) is 1.71. The van der Waals surface area contributed by atoms with Crippen LogP contribution in [0.15, 0.2) is 42.6 Å². The van der Waals surface area contributed by atoms with Gasteiger partial charge < -0.3 is 19.4 Å². The number of methoxy groups -OCH3 is 1. The Morgan fingerprint density at radius 3 is 2.48 bits per heavy atom. The summed E-state index contributed by atoms with van der Waals surface area (Å²) in [5.41, 5.74) is 1.28. The molecule has 0 fully saturated rings. The summed E-state index contributed by atoms with van der Waals surface area (Å²) in [5, 5.41) is 3.43. The van der Waals surface area contributed by atoms with Crippen LogP contribution in [0.2, 0.25) is 0 Å². The van der Waals surface area contributed by atoms with E-state index in [9.17, 15) is 0 Å². The molecule has 0 aliphatic carbocycles. The van der Waals surface area contributed by atoms with Gasteiger partial charge in [-0.2, -0.15) is 0 Å². The molecule has 0 bridgehead atoms. The Labute approximate surface area is 126 Å². The van der Waals surface area contributed by atoms with Crippen LogP contribution in [-0.2, 0) is 13.1 Å². The van der Waals surface area contributed by atoms with E-state index in [4.69, 9.17) is 9.47 Å². The average Bonchev–Trinajstić information content (AvgIpc) is 2.93. The Morgan fingerprint density at radius 1 is 1.10 bits per heavy atom. The molecule has 1 N–H and O–H groups in total. The molecule has 0 radical (unpaired) electrons. The monoisotopic (exact) mass is 288 g/mol. The molecule has 2 rings (SSSR count). The zero-order valence-electron chi connectivity index (χ0n) is 13.0. The molecule has 0 aliphatic heterocycles. The van der Waals surface area contributed by atoms with Crippen LogP contribution >= 0.6 is 0 Å². The molecule has 1 aromatic carbocycles. The molecular weight excluding hydrogens is 264 g/mol. The minimum Gasteiger partial charge on any atom is -0.497 e. The molecule has 1 aromatic heterocycles. The molecule has 4 nitrogen and oxygen atoms in total. The fraction of sp³-hybridized carbons (Fsp3) is 0.412. The van der Waals surface area contributed by atoms with Crippen molar-refractivity contribution in [1.82, 2.24) is 9.88 Å². The van der Waals surface area contributed by atoms with Crippen LogP contribution in [0.25, 0.3) is 0 Å². The summed E-state index contributed by atoms with van der Waals surface area (Å²) in [6, 6.07) is 12.4. The average molecular weight is 288 g/mol. The van der Waals surface area contributed by atoms with Crippen molar-refractivity contribution in [3.05, 3.63) is 48.3 Å². The predicted octanol–water partition coefficient (Wildman–Crippen LogP) is 3.07. The lowest BCUT2D eigenvalue weighted by atomic mass is 10.3. The van der Waals surface area contributed by atoms with Gasteiger partial charge in [0.15, 0.2) is 0 Å². The number of benzene rings is 1. The number of hydrogen-bond acceptors (Lipinski definition) is 3. The van der Waals surface area contributed by atoms with E-state index in [-0.39, 0.29) is 0 Å². The van der Waals surface area contributed by atoms with Gasteiger partial charge in [0.1, 0.15) is 18.1 Å². The van der Waals surface area contributed by atoms with Crippen LogP contribution in [0, 0.1) is 0 Å². The van der Waals surface area contributed by atoms with Gasteiger partial charge in [0.25, 0.3) is 0 Å². The van der Waals surface area contributed by atoms with E-state index < -0.39 is 0 Å². The summed E-state index contributed by atoms with van der Waals surface area (Å²) in [4.78, 5) is 0. The number of aromatic nitrogens is 1. The van der Waals surface area contributed by atoms with E-state index in [2.05, 4.69) is 42.1 Å². The quantitative estimate of drug-likeness (QED) is 0.811. The van der Waals surface area contributed by atoms with Crippen molar-refractivity contribution < 1.29 is 9.47 Å². The van der Waals surface area contributed by atoms with Gasteiger partial charge in [0, 0.05) is 24.5 Å². The summed E-state index contributed by atoms with van der Waals surface area (Å²) < 4.78 is 13.1. The highest BCUT2D eigenvalue weighted by Gasteiger charge is 2.02. The van der Waals surface area contributed by atoms with Crippen LogP contribution in [0.3, 0.4) is 0 Å². The topological polar surface area (TPSA) is 35.4 Å². The van der Waals surface area contributed by atoms with Gasteiger partial charge in [-0.15, -0.1) is 0 Å². The molecule has 0 saturated carbocycles. The number of rotatable bonds is 8. The summed E-state index contributed by atoms with van der Waals surface area (Å²) in [6.07, 6.45) is 2.09. The Hall–Kier alpha value is -1.94. The minimum atomic E-state index is 0.490. The summed E-state index contributed by atoms with van der Waals surface area (Å²) in [6.45, 7) is 6.68. The van der Waals surface area contributed by atoms with Gasteiger partial charge in [-0.05, 0) is 36.4 Å². The summed E-state index contributed by atoms with van der Waals surface area (Å²) in [7, 11) is 1.66. The van der Waals surface area contributed by atoms with E-state index >= 15 is 0 Å². The Bertz CT molecular complexity index is 532. The highest BCUT2D eigenvalue weighted by molar-refractivity contribution is 5.31. The van der Waals surface area contributed by atoms with Crippen LogP contribution < -0.4 is 14.8 Å². The number of nitrogens with zero attached hydrogens (tertiary/aromatic N) is 1. The van der Waals surface area contributed by atoms with Gasteiger partial charge in [0.05, 0.1) is 13.7 Å². The number of ether oxygens (including phenoxy) is 2. The Morgan fingerprint density at radius 2 is 1.81 bits per heavy atom. The molecule has 4 heteroatoms. The third-order valence-electron chi connectivity index (χ3n) is 3.28. The lowest BCUT2D eigenvalue weighted by molar-refractivity contribution is 0.295. The second-order valence-electron chi connectivity index (χ2n) is 5.25. The van der Waals surface area contributed by atoms with Crippen molar-refractivity contribution in [2.45, 2.75) is 33.0 Å². The fourth-order valence-corrected chi connectivity index (χ4v) is 2.07. The van der Waals surface area contributed by atoms with E-state index in [1.165, 1.54) is 5.69 Å². The molecule has 1 heterocycles. The molecule has 0 amide bonds. The van der Waals surface area contributed by atoms with Crippen molar-refractivity contribution in [1.29, 1.82) is 0 Å². The highest BCUT2D eigenvalue weighted by atomic mass is 16.5. The maximum atomic E-state index is 5.76. The zero-order chi connectivity index (χ0) is 15.1. The first-order chi connectivity index (χ1) is 10.2. The molecule has 0 aliphatic rings. The van der Waals surface area contributed by atoms with Gasteiger partial charge in [0.2, 0.25) is 0 Å². The molecule has 0 unspecified atom stereocenters. The largest absolute Gasteiger partial charge is 0.497 e. The third-order valence-corrected chi connectivity index (χ3v) is 3.28. The maximum absolute atomic E-state index is 5.76. The Kier molecular flexibility index (Phi) is 5.69. The molecule has 0 spiro atoms. The first kappa shape index (κ1) is 15.4. The van der Waals surface area contributed by atoms with Crippen molar-refractivity contribution in [3.63, 3.8) is 0 Å². The maximum Gasteiger partial charge on any atom is 0.119 e. The van der Waals surface area contributed by atoms with Crippen molar-refractivity contribution >= 4 is 0 Å². The standard InChI is InChI=1S/C17H24N2O2/c1-14(2)18-13-15-5-4-10-19(15)11-12-21-17-8-6-16(20-3)7-9-17/h4-10,14,18H,11-13H2,1-3H3. The van der Waals surface area contributed by atoms with Gasteiger partial charge in [-0.3, -0.25) is 0 Å². The lowest BCUT2D eigenvalue weighted by Gasteiger charge is -2.13. The SMILES string of the molecule is COc1ccc(OCCn2cccc2CNC(C)C)cc1. The van der Waals surface area contributed by atoms with Crippen molar-refractivity contribution in [2.75, 3.05) is 13.7 Å². The fourth-order valence-electron chi connectivity index (χ4n) is 2.07. The first-order valence-corrected chi connectivity index (χ1v) is 7.33. The smallest absolute Gasteiger partial charge is 0.119 e. The zero-order valence-corrected chi connectivity index (χ0v) is 13.0. The molecular formula is C17H24N2O2. The number of hydrogen-bond donors (Lipinski definition) is 1. The van der Waals surface area contributed by atoms with Crippen molar-refractivity contribution in [2.24, 2.45) is 0 Å². The second kappa shape index (κ2) is 7.74. The minimum absolute atomic E-state index is 0.490. The van der Waals surface area contributed by atoms with Crippen LogP contribution in [-0.4, -0.2) is 24.3 Å². The highest BCUT2D eigenvalue weighted by Crippen LogP contribution is 2.17. The molecule has 21 heavy (non-hydrogen) atoms. The number of nitrogens with one attached hydrogen (secondary N) is 1. The van der Waals surface area contributed by atoms with Gasteiger partial charge in [-0.1, -0.05) is 13.8 Å². The van der Waals surface area contributed by atoms with Crippen molar-refractivity contribution in [3.8, 4) is 11.5 Å². The first-order valence-electron chi connectivity index (χ1n) is 7.33. The molecule has 114 valence electrons. The van der Waals surface area contributed by atoms with Crippen LogP contribution in [0.5, 0.6) is 11.5 Å². The van der Waals surface area contributed by atoms with Crippen LogP contribution in [0.1, 0.15) is 19.5 Å². The molecule has 0 saturated heterocycles. The predicted molar refractivity (Wildman–Crippen MR) is 84.9 cm³/mol. The normalized spacial score (nSPS) is 10.9. The van der Waals surface area contributed by atoms with Gasteiger partial charge in [-0.25, -0.2) is 0 Å². The molecule has 2 aromatic rings. The lowest BCUT2D eigenvalue weighted by Crippen LogP contribution is -2.24. The third kappa shape index (κ3) is 4.83. The van der Waals surface area contributed by atoms with E-state index in [0.29, 0.717) is 12.6 Å². The van der Waals surface area contributed by atoms with E-state index in [1.54, 1.807) is 7.11 Å². The molecule has 0 atom stereocenters. The summed E-state index contributed by atoms with van der Waals surface area (Å²) >= 11 is 0. The second-order valence-corrected chi connectivity index (χ2v) is 5.25.